The summed E-state index contributed by atoms with van der Waals surface area (Å²) in [6.45, 7) is 4.70. The SMILES string of the molecule is CC1CC(C)CC(Oc2ccc(CN)cc2[N+](=O)[O-])C1. The van der Waals surface area contributed by atoms with E-state index in [9.17, 15) is 10.1 Å². The van der Waals surface area contributed by atoms with Crippen LogP contribution in [-0.4, -0.2) is 11.0 Å². The standard InChI is InChI=1S/C15H22N2O3/c1-10-5-11(2)7-13(6-10)20-15-4-3-12(9-16)8-14(15)17(18)19/h3-4,8,10-11,13H,5-7,9,16H2,1-2H3. The zero-order chi connectivity index (χ0) is 14.7. The van der Waals surface area contributed by atoms with Crippen molar-refractivity contribution >= 4 is 5.69 Å². The molecule has 1 aliphatic carbocycles. The lowest BCUT2D eigenvalue weighted by Crippen LogP contribution is -2.28. The van der Waals surface area contributed by atoms with Crippen molar-refractivity contribution in [3.8, 4) is 5.75 Å². The van der Waals surface area contributed by atoms with Gasteiger partial charge in [-0.1, -0.05) is 19.9 Å². The highest BCUT2D eigenvalue weighted by Crippen LogP contribution is 2.35. The summed E-state index contributed by atoms with van der Waals surface area (Å²) in [4.78, 5) is 10.7. The van der Waals surface area contributed by atoms with Crippen LogP contribution >= 0.6 is 0 Å². The molecule has 2 atom stereocenters. The minimum Gasteiger partial charge on any atom is -0.483 e. The number of ether oxygens (including phenoxy) is 1. The van der Waals surface area contributed by atoms with E-state index < -0.39 is 4.92 Å². The van der Waals surface area contributed by atoms with Gasteiger partial charge in [0.1, 0.15) is 0 Å². The number of hydrogen-bond donors (Lipinski definition) is 1. The molecule has 1 aromatic carbocycles. The van der Waals surface area contributed by atoms with Crippen LogP contribution in [0.5, 0.6) is 5.75 Å². The summed E-state index contributed by atoms with van der Waals surface area (Å²) in [6.07, 6.45) is 3.19. The van der Waals surface area contributed by atoms with Crippen molar-refractivity contribution in [2.24, 2.45) is 17.6 Å². The molecule has 0 saturated heterocycles. The van der Waals surface area contributed by atoms with E-state index in [0.29, 0.717) is 24.1 Å². The van der Waals surface area contributed by atoms with Crippen molar-refractivity contribution in [1.29, 1.82) is 0 Å². The van der Waals surface area contributed by atoms with Crippen LogP contribution in [0.4, 0.5) is 5.69 Å². The van der Waals surface area contributed by atoms with Crippen molar-refractivity contribution in [1.82, 2.24) is 0 Å². The highest BCUT2D eigenvalue weighted by atomic mass is 16.6. The molecule has 5 heteroatoms. The predicted octanol–water partition coefficient (Wildman–Crippen LogP) is 3.26. The zero-order valence-electron chi connectivity index (χ0n) is 12.0. The molecule has 110 valence electrons. The minimum absolute atomic E-state index is 0.0128. The molecule has 2 N–H and O–H groups in total. The van der Waals surface area contributed by atoms with E-state index in [1.165, 1.54) is 12.5 Å². The maximum atomic E-state index is 11.1. The van der Waals surface area contributed by atoms with Crippen LogP contribution in [0, 0.1) is 22.0 Å². The second-order valence-corrected chi connectivity index (χ2v) is 5.92. The molecule has 2 unspecified atom stereocenters. The van der Waals surface area contributed by atoms with Gasteiger partial charge in [0.25, 0.3) is 0 Å². The molecule has 1 fully saturated rings. The Kier molecular flexibility index (Phi) is 4.60. The van der Waals surface area contributed by atoms with Gasteiger partial charge in [-0.2, -0.15) is 0 Å². The van der Waals surface area contributed by atoms with E-state index in [4.69, 9.17) is 10.5 Å². The first kappa shape index (κ1) is 14.8. The molecule has 0 aliphatic heterocycles. The summed E-state index contributed by atoms with van der Waals surface area (Å²) in [5, 5.41) is 11.1. The van der Waals surface area contributed by atoms with Crippen LogP contribution < -0.4 is 10.5 Å². The average Bonchev–Trinajstić information content (AvgIpc) is 2.37. The molecule has 2 rings (SSSR count). The van der Waals surface area contributed by atoms with Gasteiger partial charge in [0.15, 0.2) is 5.75 Å². The third-order valence-corrected chi connectivity index (χ3v) is 3.88. The van der Waals surface area contributed by atoms with Crippen LogP contribution in [0.1, 0.15) is 38.7 Å². The summed E-state index contributed by atoms with van der Waals surface area (Å²) < 4.78 is 5.91. The lowest BCUT2D eigenvalue weighted by Gasteiger charge is -2.31. The third kappa shape index (κ3) is 3.48. The van der Waals surface area contributed by atoms with E-state index in [2.05, 4.69) is 13.8 Å². The zero-order valence-corrected chi connectivity index (χ0v) is 12.0. The van der Waals surface area contributed by atoms with E-state index in [-0.39, 0.29) is 11.8 Å². The van der Waals surface area contributed by atoms with Gasteiger partial charge in [-0.25, -0.2) is 0 Å². The van der Waals surface area contributed by atoms with Crippen molar-refractivity contribution in [3.63, 3.8) is 0 Å². The second kappa shape index (κ2) is 6.22. The normalized spacial score (nSPS) is 26.2. The average molecular weight is 278 g/mol. The maximum Gasteiger partial charge on any atom is 0.311 e. The van der Waals surface area contributed by atoms with Gasteiger partial charge in [0, 0.05) is 12.6 Å². The van der Waals surface area contributed by atoms with Crippen molar-refractivity contribution in [2.75, 3.05) is 0 Å². The molecule has 0 aromatic heterocycles. The van der Waals surface area contributed by atoms with Crippen LogP contribution in [0.2, 0.25) is 0 Å². The summed E-state index contributed by atoms with van der Waals surface area (Å²) in [5.74, 6) is 1.57. The summed E-state index contributed by atoms with van der Waals surface area (Å²) in [5.41, 5.74) is 6.28. The van der Waals surface area contributed by atoms with Crippen molar-refractivity contribution in [3.05, 3.63) is 33.9 Å². The van der Waals surface area contributed by atoms with Crippen LogP contribution in [0.15, 0.2) is 18.2 Å². The van der Waals surface area contributed by atoms with Gasteiger partial charge >= 0.3 is 5.69 Å². The summed E-state index contributed by atoms with van der Waals surface area (Å²) >= 11 is 0. The van der Waals surface area contributed by atoms with E-state index in [1.807, 2.05) is 0 Å². The Balaban J connectivity index is 2.18. The number of benzene rings is 1. The van der Waals surface area contributed by atoms with Crippen LogP contribution in [-0.2, 0) is 6.54 Å². The number of rotatable bonds is 4. The van der Waals surface area contributed by atoms with Gasteiger partial charge in [-0.15, -0.1) is 0 Å². The minimum atomic E-state index is -0.399. The lowest BCUT2D eigenvalue weighted by atomic mass is 9.82. The first-order chi connectivity index (χ1) is 9.49. The molecule has 1 saturated carbocycles. The molecule has 0 amide bonds. The largest absolute Gasteiger partial charge is 0.483 e. The second-order valence-electron chi connectivity index (χ2n) is 5.92. The van der Waals surface area contributed by atoms with Crippen LogP contribution in [0.25, 0.3) is 0 Å². The number of nitrogens with two attached hydrogens (primary N) is 1. The fourth-order valence-corrected chi connectivity index (χ4v) is 3.08. The molecular formula is C15H22N2O3. The van der Waals surface area contributed by atoms with E-state index in [0.717, 1.165) is 18.4 Å². The molecule has 1 aliphatic rings. The fourth-order valence-electron chi connectivity index (χ4n) is 3.08. The Morgan fingerprint density at radius 3 is 2.50 bits per heavy atom. The molecule has 0 spiro atoms. The highest BCUT2D eigenvalue weighted by molar-refractivity contribution is 5.48. The Morgan fingerprint density at radius 1 is 1.30 bits per heavy atom. The van der Waals surface area contributed by atoms with Crippen molar-refractivity contribution in [2.45, 2.75) is 45.8 Å². The number of hydrogen-bond acceptors (Lipinski definition) is 4. The molecule has 20 heavy (non-hydrogen) atoms. The quantitative estimate of drug-likeness (QED) is 0.677. The summed E-state index contributed by atoms with van der Waals surface area (Å²) in [6, 6.07) is 4.97. The highest BCUT2D eigenvalue weighted by Gasteiger charge is 2.27. The molecule has 5 nitrogen and oxygen atoms in total. The molecule has 0 radical (unpaired) electrons. The number of nitro benzene ring substituents is 1. The van der Waals surface area contributed by atoms with Gasteiger partial charge < -0.3 is 10.5 Å². The monoisotopic (exact) mass is 278 g/mol. The third-order valence-electron chi connectivity index (χ3n) is 3.88. The number of nitro groups is 1. The number of nitrogens with zero attached hydrogens (tertiary/aromatic N) is 1. The Morgan fingerprint density at radius 2 is 1.95 bits per heavy atom. The van der Waals surface area contributed by atoms with Gasteiger partial charge in [0.05, 0.1) is 11.0 Å². The Labute approximate surface area is 119 Å². The van der Waals surface area contributed by atoms with Gasteiger partial charge in [-0.05, 0) is 42.7 Å². The Bertz CT molecular complexity index is 480. The first-order valence-corrected chi connectivity index (χ1v) is 7.13. The smallest absolute Gasteiger partial charge is 0.311 e. The maximum absolute atomic E-state index is 11.1. The molecule has 0 bridgehead atoms. The van der Waals surface area contributed by atoms with E-state index in [1.54, 1.807) is 12.1 Å². The molecular weight excluding hydrogens is 256 g/mol. The molecule has 0 heterocycles. The Hall–Kier alpha value is -1.62. The topological polar surface area (TPSA) is 78.4 Å². The van der Waals surface area contributed by atoms with Gasteiger partial charge in [-0.3, -0.25) is 10.1 Å². The summed E-state index contributed by atoms with van der Waals surface area (Å²) in [7, 11) is 0. The molecule has 1 aromatic rings. The van der Waals surface area contributed by atoms with Crippen LogP contribution in [0.3, 0.4) is 0 Å². The van der Waals surface area contributed by atoms with Gasteiger partial charge in [0.2, 0.25) is 0 Å². The predicted molar refractivity (Wildman–Crippen MR) is 77.6 cm³/mol. The fraction of sp³-hybridized carbons (Fsp3) is 0.600. The first-order valence-electron chi connectivity index (χ1n) is 7.13. The lowest BCUT2D eigenvalue weighted by molar-refractivity contribution is -0.386. The van der Waals surface area contributed by atoms with E-state index >= 15 is 0 Å². The van der Waals surface area contributed by atoms with Crippen molar-refractivity contribution < 1.29 is 9.66 Å².